The highest BCUT2D eigenvalue weighted by molar-refractivity contribution is 6.01. The van der Waals surface area contributed by atoms with E-state index in [-0.39, 0.29) is 11.7 Å². The molecule has 4 rings (SSSR count). The highest BCUT2D eigenvalue weighted by atomic mass is 16.5. The number of benzene rings is 3. The Morgan fingerprint density at radius 1 is 0.968 bits per heavy atom. The van der Waals surface area contributed by atoms with Crippen LogP contribution in [-0.4, -0.2) is 29.3 Å². The molecule has 4 aromatic rings. The predicted octanol–water partition coefficient (Wildman–Crippen LogP) is 4.83. The van der Waals surface area contributed by atoms with Gasteiger partial charge in [0.25, 0.3) is 5.91 Å². The van der Waals surface area contributed by atoms with Gasteiger partial charge < -0.3 is 14.8 Å². The Morgan fingerprint density at radius 3 is 2.32 bits per heavy atom. The average molecular weight is 411 g/mol. The second-order valence-electron chi connectivity index (χ2n) is 6.80. The number of rotatable bonds is 6. The summed E-state index contributed by atoms with van der Waals surface area (Å²) in [7, 11) is 1.47. The van der Waals surface area contributed by atoms with Crippen molar-refractivity contribution in [1.82, 2.24) is 10.4 Å². The fourth-order valence-electron chi connectivity index (χ4n) is 3.28. The van der Waals surface area contributed by atoms with E-state index in [1.807, 2.05) is 66.7 Å². The number of hydrogen-bond donors (Lipinski definition) is 3. The molecular weight excluding hydrogens is 390 g/mol. The number of aromatic hydroxyl groups is 1. The third-order valence-electron chi connectivity index (χ3n) is 4.83. The largest absolute Gasteiger partial charge is 0.504 e. The Morgan fingerprint density at radius 2 is 1.65 bits per heavy atom. The van der Waals surface area contributed by atoms with Crippen LogP contribution in [0.5, 0.6) is 11.5 Å². The zero-order chi connectivity index (χ0) is 21.6. The minimum atomic E-state index is -0.389. The second-order valence-corrected chi connectivity index (χ2v) is 6.80. The van der Waals surface area contributed by atoms with Crippen LogP contribution in [0.2, 0.25) is 0 Å². The molecule has 1 aromatic heterocycles. The first-order valence-electron chi connectivity index (χ1n) is 9.70. The monoisotopic (exact) mass is 411 g/mol. The van der Waals surface area contributed by atoms with E-state index in [1.165, 1.54) is 13.3 Å². The first kappa shape index (κ1) is 20.0. The average Bonchev–Trinajstić information content (AvgIpc) is 3.27. The summed E-state index contributed by atoms with van der Waals surface area (Å²) in [6.07, 6.45) is 1.37. The number of methoxy groups -OCH3 is 1. The lowest BCUT2D eigenvalue weighted by molar-refractivity contribution is 0.0951. The standard InChI is InChI=1S/C25H21N3O3/c1-31-22-14-8-13-19(24(22)29)16-26-28-25(30)23-20(17-9-4-2-5-10-17)15-21(27-23)18-11-6-3-7-12-18/h2-16,27,29H,1H3,(H,28,30). The predicted molar refractivity (Wildman–Crippen MR) is 121 cm³/mol. The van der Waals surface area contributed by atoms with Gasteiger partial charge in [-0.05, 0) is 29.3 Å². The third-order valence-corrected chi connectivity index (χ3v) is 4.83. The number of amides is 1. The summed E-state index contributed by atoms with van der Waals surface area (Å²) >= 11 is 0. The Bertz CT molecular complexity index is 1220. The van der Waals surface area contributed by atoms with Crippen molar-refractivity contribution in [2.75, 3.05) is 7.11 Å². The van der Waals surface area contributed by atoms with E-state index < -0.39 is 0 Å². The van der Waals surface area contributed by atoms with E-state index in [0.29, 0.717) is 17.0 Å². The lowest BCUT2D eigenvalue weighted by Crippen LogP contribution is -2.19. The first-order chi connectivity index (χ1) is 15.2. The summed E-state index contributed by atoms with van der Waals surface area (Å²) in [4.78, 5) is 16.2. The summed E-state index contributed by atoms with van der Waals surface area (Å²) in [5.41, 5.74) is 6.86. The molecule has 0 bridgehead atoms. The van der Waals surface area contributed by atoms with Crippen molar-refractivity contribution in [3.63, 3.8) is 0 Å². The van der Waals surface area contributed by atoms with Crippen LogP contribution >= 0.6 is 0 Å². The second kappa shape index (κ2) is 9.00. The SMILES string of the molecule is COc1cccc(C=NNC(=O)c2[nH]c(-c3ccccc3)cc2-c2ccccc2)c1O. The zero-order valence-corrected chi connectivity index (χ0v) is 16.9. The lowest BCUT2D eigenvalue weighted by atomic mass is 10.0. The molecular formula is C25H21N3O3. The van der Waals surface area contributed by atoms with Crippen LogP contribution in [0.4, 0.5) is 0 Å². The number of aromatic nitrogens is 1. The topological polar surface area (TPSA) is 86.7 Å². The van der Waals surface area contributed by atoms with Crippen LogP contribution in [0.1, 0.15) is 16.1 Å². The normalized spacial score (nSPS) is 10.9. The highest BCUT2D eigenvalue weighted by Crippen LogP contribution is 2.30. The molecule has 0 unspecified atom stereocenters. The molecule has 6 heteroatoms. The van der Waals surface area contributed by atoms with Gasteiger partial charge in [0.1, 0.15) is 5.69 Å². The van der Waals surface area contributed by atoms with Crippen molar-refractivity contribution >= 4 is 12.1 Å². The summed E-state index contributed by atoms with van der Waals surface area (Å²) in [5.74, 6) is -0.0996. The Labute approximate surface area is 179 Å². The van der Waals surface area contributed by atoms with E-state index in [1.54, 1.807) is 18.2 Å². The molecule has 0 saturated heterocycles. The number of para-hydroxylation sites is 1. The van der Waals surface area contributed by atoms with Gasteiger partial charge in [0.05, 0.1) is 13.3 Å². The number of carbonyl (C=O) groups excluding carboxylic acids is 1. The first-order valence-corrected chi connectivity index (χ1v) is 9.70. The maximum absolute atomic E-state index is 12.9. The van der Waals surface area contributed by atoms with Crippen LogP contribution in [0.25, 0.3) is 22.4 Å². The van der Waals surface area contributed by atoms with E-state index in [0.717, 1.165) is 22.4 Å². The number of hydrazone groups is 1. The number of ether oxygens (including phenoxy) is 1. The van der Waals surface area contributed by atoms with Crippen molar-refractivity contribution in [1.29, 1.82) is 0 Å². The molecule has 0 atom stereocenters. The number of hydrogen-bond acceptors (Lipinski definition) is 4. The fourth-order valence-corrected chi connectivity index (χ4v) is 3.28. The molecule has 0 aliphatic heterocycles. The number of phenolic OH excluding ortho intramolecular Hbond substituents is 1. The maximum atomic E-state index is 12.9. The third kappa shape index (κ3) is 4.33. The lowest BCUT2D eigenvalue weighted by Gasteiger charge is -2.05. The minimum Gasteiger partial charge on any atom is -0.504 e. The molecule has 1 amide bonds. The van der Waals surface area contributed by atoms with Crippen molar-refractivity contribution in [3.05, 3.63) is 96.2 Å². The number of nitrogens with zero attached hydrogens (tertiary/aromatic N) is 1. The van der Waals surface area contributed by atoms with E-state index >= 15 is 0 Å². The zero-order valence-electron chi connectivity index (χ0n) is 16.9. The minimum absolute atomic E-state index is 0.0424. The molecule has 3 aromatic carbocycles. The van der Waals surface area contributed by atoms with Crippen molar-refractivity contribution in [2.24, 2.45) is 5.10 Å². The van der Waals surface area contributed by atoms with E-state index in [9.17, 15) is 9.90 Å². The number of nitrogens with one attached hydrogen (secondary N) is 2. The Balaban J connectivity index is 1.63. The molecule has 0 fully saturated rings. The van der Waals surface area contributed by atoms with Crippen LogP contribution in [0.15, 0.2) is 90.0 Å². The summed E-state index contributed by atoms with van der Waals surface area (Å²) in [6, 6.07) is 26.5. The van der Waals surface area contributed by atoms with Gasteiger partial charge in [0.2, 0.25) is 0 Å². The van der Waals surface area contributed by atoms with Crippen molar-refractivity contribution in [2.45, 2.75) is 0 Å². The highest BCUT2D eigenvalue weighted by Gasteiger charge is 2.17. The Hall–Kier alpha value is -4.32. The smallest absolute Gasteiger partial charge is 0.288 e. The van der Waals surface area contributed by atoms with Crippen LogP contribution in [0, 0.1) is 0 Å². The van der Waals surface area contributed by atoms with Crippen LogP contribution < -0.4 is 10.2 Å². The van der Waals surface area contributed by atoms with Gasteiger partial charge in [-0.3, -0.25) is 4.79 Å². The summed E-state index contributed by atoms with van der Waals surface area (Å²) in [5, 5.41) is 14.2. The van der Waals surface area contributed by atoms with Crippen LogP contribution in [0.3, 0.4) is 0 Å². The van der Waals surface area contributed by atoms with E-state index in [4.69, 9.17) is 4.74 Å². The van der Waals surface area contributed by atoms with Crippen molar-refractivity contribution < 1.29 is 14.6 Å². The molecule has 0 spiro atoms. The van der Waals surface area contributed by atoms with Gasteiger partial charge in [-0.2, -0.15) is 5.10 Å². The molecule has 0 aliphatic carbocycles. The molecule has 3 N–H and O–H groups in total. The van der Waals surface area contributed by atoms with Gasteiger partial charge in [0, 0.05) is 16.8 Å². The Kier molecular flexibility index (Phi) is 5.80. The van der Waals surface area contributed by atoms with E-state index in [2.05, 4.69) is 15.5 Å². The van der Waals surface area contributed by atoms with Gasteiger partial charge >= 0.3 is 0 Å². The maximum Gasteiger partial charge on any atom is 0.288 e. The molecule has 6 nitrogen and oxygen atoms in total. The van der Waals surface area contributed by atoms with Crippen LogP contribution in [-0.2, 0) is 0 Å². The van der Waals surface area contributed by atoms with Gasteiger partial charge in [-0.25, -0.2) is 5.43 Å². The molecule has 0 saturated carbocycles. The molecule has 0 aliphatic rings. The number of phenols is 1. The molecule has 0 radical (unpaired) electrons. The number of H-pyrrole nitrogens is 1. The molecule has 154 valence electrons. The van der Waals surface area contributed by atoms with Crippen molar-refractivity contribution in [3.8, 4) is 33.9 Å². The number of aromatic amines is 1. The quantitative estimate of drug-likeness (QED) is 0.314. The molecule has 1 heterocycles. The van der Waals surface area contributed by atoms with Gasteiger partial charge in [0.15, 0.2) is 11.5 Å². The van der Waals surface area contributed by atoms with Gasteiger partial charge in [-0.15, -0.1) is 0 Å². The van der Waals surface area contributed by atoms with Gasteiger partial charge in [-0.1, -0.05) is 66.7 Å². The molecule has 31 heavy (non-hydrogen) atoms. The number of carbonyl (C=O) groups is 1. The fraction of sp³-hybridized carbons (Fsp3) is 0.0400. The summed E-state index contributed by atoms with van der Waals surface area (Å²) in [6.45, 7) is 0. The summed E-state index contributed by atoms with van der Waals surface area (Å²) < 4.78 is 5.09.